The molecule has 6 heteroatoms. The van der Waals surface area contributed by atoms with Crippen LogP contribution in [0.1, 0.15) is 16.8 Å². The summed E-state index contributed by atoms with van der Waals surface area (Å²) < 4.78 is 0.807. The molecule has 18 heavy (non-hydrogen) atoms. The summed E-state index contributed by atoms with van der Waals surface area (Å²) in [5.74, 6) is -0.639. The Morgan fingerprint density at radius 2 is 2.11 bits per heavy atom. The number of carbonyl (C=O) groups excluding carboxylic acids is 1. The first kappa shape index (κ1) is 15.3. The van der Waals surface area contributed by atoms with Crippen molar-refractivity contribution >= 4 is 46.2 Å². The van der Waals surface area contributed by atoms with Crippen LogP contribution in [0.4, 0.5) is 0 Å². The van der Waals surface area contributed by atoms with E-state index in [2.05, 4.69) is 27.9 Å². The number of carbonyl (C=O) groups is 2. The van der Waals surface area contributed by atoms with Crippen molar-refractivity contribution < 1.29 is 14.7 Å². The van der Waals surface area contributed by atoms with Gasteiger partial charge in [-0.1, -0.05) is 12.1 Å². The third kappa shape index (κ3) is 4.49. The van der Waals surface area contributed by atoms with Crippen molar-refractivity contribution in [1.29, 1.82) is 0 Å². The zero-order chi connectivity index (χ0) is 13.5. The summed E-state index contributed by atoms with van der Waals surface area (Å²) in [6, 6.07) is 6.26. The summed E-state index contributed by atoms with van der Waals surface area (Å²) in [6.07, 6.45) is 2.33. The number of benzene rings is 1. The highest BCUT2D eigenvalue weighted by atomic mass is 127. The van der Waals surface area contributed by atoms with Crippen molar-refractivity contribution in [2.45, 2.75) is 12.5 Å². The Balaban J connectivity index is 2.72. The molecule has 4 nitrogen and oxygen atoms in total. The molecule has 0 unspecified atom stereocenters. The summed E-state index contributed by atoms with van der Waals surface area (Å²) in [5, 5.41) is 11.6. The third-order valence-electron chi connectivity index (χ3n) is 2.33. The Hall–Kier alpha value is -0.760. The van der Waals surface area contributed by atoms with Crippen LogP contribution in [0.3, 0.4) is 0 Å². The van der Waals surface area contributed by atoms with E-state index in [1.54, 1.807) is 23.9 Å². The van der Waals surface area contributed by atoms with Gasteiger partial charge in [0.05, 0.1) is 5.56 Å². The molecule has 0 bridgehead atoms. The van der Waals surface area contributed by atoms with Crippen LogP contribution in [0, 0.1) is 3.57 Å². The Morgan fingerprint density at radius 3 is 2.67 bits per heavy atom. The van der Waals surface area contributed by atoms with Crippen LogP contribution < -0.4 is 5.32 Å². The zero-order valence-electron chi connectivity index (χ0n) is 9.85. The second-order valence-electron chi connectivity index (χ2n) is 3.63. The van der Waals surface area contributed by atoms with E-state index in [4.69, 9.17) is 5.11 Å². The first-order valence-electron chi connectivity index (χ1n) is 5.33. The van der Waals surface area contributed by atoms with Crippen molar-refractivity contribution in [2.75, 3.05) is 12.0 Å². The molecule has 0 saturated carbocycles. The van der Waals surface area contributed by atoms with Gasteiger partial charge in [-0.3, -0.25) is 4.79 Å². The number of hydrogen-bond donors (Lipinski definition) is 2. The van der Waals surface area contributed by atoms with Crippen molar-refractivity contribution in [2.24, 2.45) is 0 Å². The Labute approximate surface area is 124 Å². The van der Waals surface area contributed by atoms with Gasteiger partial charge >= 0.3 is 5.97 Å². The van der Waals surface area contributed by atoms with Gasteiger partial charge in [-0.15, -0.1) is 0 Å². The highest BCUT2D eigenvalue weighted by Crippen LogP contribution is 2.12. The second-order valence-corrected chi connectivity index (χ2v) is 5.77. The van der Waals surface area contributed by atoms with Crippen LogP contribution >= 0.6 is 34.4 Å². The van der Waals surface area contributed by atoms with E-state index in [1.807, 2.05) is 18.4 Å². The SMILES string of the molecule is CSCC[C@@H](NC(=O)c1ccccc1I)C(=O)O. The van der Waals surface area contributed by atoms with E-state index >= 15 is 0 Å². The smallest absolute Gasteiger partial charge is 0.326 e. The lowest BCUT2D eigenvalue weighted by atomic mass is 10.1. The van der Waals surface area contributed by atoms with E-state index in [0.717, 1.165) is 3.57 Å². The monoisotopic (exact) mass is 379 g/mol. The molecular formula is C12H14INO3S. The lowest BCUT2D eigenvalue weighted by molar-refractivity contribution is -0.139. The topological polar surface area (TPSA) is 66.4 Å². The summed E-state index contributed by atoms with van der Waals surface area (Å²) in [7, 11) is 0. The molecule has 1 rings (SSSR count). The molecule has 0 fully saturated rings. The van der Waals surface area contributed by atoms with E-state index in [-0.39, 0.29) is 5.91 Å². The summed E-state index contributed by atoms with van der Waals surface area (Å²) >= 11 is 3.61. The van der Waals surface area contributed by atoms with Crippen molar-refractivity contribution in [3.8, 4) is 0 Å². The fourth-order valence-corrected chi connectivity index (χ4v) is 2.48. The normalized spacial score (nSPS) is 11.9. The Kier molecular flexibility index (Phi) is 6.48. The molecule has 0 aliphatic carbocycles. The van der Waals surface area contributed by atoms with Crippen molar-refractivity contribution in [3.63, 3.8) is 0 Å². The standard InChI is InChI=1S/C12H14INO3S/c1-18-7-6-10(12(16)17)14-11(15)8-4-2-3-5-9(8)13/h2-5,10H,6-7H2,1H3,(H,14,15)(H,16,17)/t10-/m1/s1. The maximum Gasteiger partial charge on any atom is 0.326 e. The molecule has 2 N–H and O–H groups in total. The number of rotatable bonds is 6. The fourth-order valence-electron chi connectivity index (χ4n) is 1.37. The van der Waals surface area contributed by atoms with E-state index in [0.29, 0.717) is 17.7 Å². The molecule has 0 saturated heterocycles. The number of halogens is 1. The van der Waals surface area contributed by atoms with Gasteiger partial charge in [0.25, 0.3) is 5.91 Å². The molecule has 0 radical (unpaired) electrons. The van der Waals surface area contributed by atoms with Gasteiger partial charge in [-0.05, 0) is 53.2 Å². The van der Waals surface area contributed by atoms with Crippen LogP contribution in [-0.4, -0.2) is 35.0 Å². The number of aliphatic carboxylic acids is 1. The second kappa shape index (κ2) is 7.63. The molecule has 1 amide bonds. The average Bonchev–Trinajstić information content (AvgIpc) is 2.34. The van der Waals surface area contributed by atoms with Crippen LogP contribution in [0.15, 0.2) is 24.3 Å². The highest BCUT2D eigenvalue weighted by Gasteiger charge is 2.20. The van der Waals surface area contributed by atoms with E-state index < -0.39 is 12.0 Å². The van der Waals surface area contributed by atoms with Gasteiger partial charge in [0.1, 0.15) is 6.04 Å². The van der Waals surface area contributed by atoms with Crippen LogP contribution in [0.25, 0.3) is 0 Å². The van der Waals surface area contributed by atoms with Crippen LogP contribution in [0.2, 0.25) is 0 Å². The van der Waals surface area contributed by atoms with Crippen molar-refractivity contribution in [1.82, 2.24) is 5.32 Å². The number of thioether (sulfide) groups is 1. The van der Waals surface area contributed by atoms with Gasteiger partial charge < -0.3 is 10.4 Å². The number of carboxylic acids is 1. The molecule has 0 aliphatic rings. The van der Waals surface area contributed by atoms with Gasteiger partial charge in [0, 0.05) is 3.57 Å². The number of hydrogen-bond acceptors (Lipinski definition) is 3. The molecule has 1 atom stereocenters. The zero-order valence-corrected chi connectivity index (χ0v) is 12.8. The highest BCUT2D eigenvalue weighted by molar-refractivity contribution is 14.1. The molecule has 1 aromatic carbocycles. The summed E-state index contributed by atoms with van der Waals surface area (Å²) in [5.41, 5.74) is 0.508. The summed E-state index contributed by atoms with van der Waals surface area (Å²) in [4.78, 5) is 23.0. The Morgan fingerprint density at radius 1 is 1.44 bits per heavy atom. The molecule has 98 valence electrons. The number of nitrogens with one attached hydrogen (secondary N) is 1. The molecule has 0 heterocycles. The molecule has 0 spiro atoms. The first-order valence-corrected chi connectivity index (χ1v) is 7.80. The minimum atomic E-state index is -0.997. The summed E-state index contributed by atoms with van der Waals surface area (Å²) in [6.45, 7) is 0. The number of carboxylic acid groups (broad SMARTS) is 1. The van der Waals surface area contributed by atoms with Gasteiger partial charge in [-0.2, -0.15) is 11.8 Å². The van der Waals surface area contributed by atoms with E-state index in [1.165, 1.54) is 0 Å². The average molecular weight is 379 g/mol. The maximum atomic E-state index is 12.0. The minimum absolute atomic E-state index is 0.339. The molecule has 0 aliphatic heterocycles. The lowest BCUT2D eigenvalue weighted by Crippen LogP contribution is -2.41. The largest absolute Gasteiger partial charge is 0.480 e. The maximum absolute atomic E-state index is 12.0. The minimum Gasteiger partial charge on any atom is -0.480 e. The molecule has 1 aromatic rings. The third-order valence-corrected chi connectivity index (χ3v) is 3.92. The van der Waals surface area contributed by atoms with Gasteiger partial charge in [0.15, 0.2) is 0 Å². The predicted molar refractivity (Wildman–Crippen MR) is 81.0 cm³/mol. The lowest BCUT2D eigenvalue weighted by Gasteiger charge is -2.14. The van der Waals surface area contributed by atoms with Crippen molar-refractivity contribution in [3.05, 3.63) is 33.4 Å². The van der Waals surface area contributed by atoms with Gasteiger partial charge in [-0.25, -0.2) is 4.79 Å². The first-order chi connectivity index (χ1) is 8.56. The molecular weight excluding hydrogens is 365 g/mol. The van der Waals surface area contributed by atoms with E-state index in [9.17, 15) is 9.59 Å². The fraction of sp³-hybridized carbons (Fsp3) is 0.333. The Bertz CT molecular complexity index is 439. The molecule has 0 aromatic heterocycles. The van der Waals surface area contributed by atoms with Crippen LogP contribution in [-0.2, 0) is 4.79 Å². The number of amides is 1. The predicted octanol–water partition coefficient (Wildman–Crippen LogP) is 2.23. The van der Waals surface area contributed by atoms with Gasteiger partial charge in [0.2, 0.25) is 0 Å². The van der Waals surface area contributed by atoms with Crippen LogP contribution in [0.5, 0.6) is 0 Å². The quantitative estimate of drug-likeness (QED) is 0.744.